The van der Waals surface area contributed by atoms with Crippen molar-refractivity contribution in [2.24, 2.45) is 0 Å². The van der Waals surface area contributed by atoms with Gasteiger partial charge in [-0.1, -0.05) is 29.8 Å². The molecule has 5 heteroatoms. The number of furan rings is 1. The number of rotatable bonds is 5. The highest BCUT2D eigenvalue weighted by atomic mass is 35.5. The first-order valence-corrected chi connectivity index (χ1v) is 6.22. The number of hydrogen-bond acceptors (Lipinski definition) is 3. The van der Waals surface area contributed by atoms with E-state index >= 15 is 0 Å². The van der Waals surface area contributed by atoms with Crippen molar-refractivity contribution in [3.05, 3.63) is 58.0 Å². The fourth-order valence-electron chi connectivity index (χ4n) is 1.81. The lowest BCUT2D eigenvalue weighted by atomic mass is 10.2. The zero-order valence-electron chi connectivity index (χ0n) is 10.4. The lowest BCUT2D eigenvalue weighted by Gasteiger charge is -2.04. The van der Waals surface area contributed by atoms with Gasteiger partial charge in [0, 0.05) is 17.1 Å². The van der Waals surface area contributed by atoms with E-state index in [4.69, 9.17) is 21.1 Å². The highest BCUT2D eigenvalue weighted by Gasteiger charge is 2.13. The maximum Gasteiger partial charge on any atom is 0.372 e. The van der Waals surface area contributed by atoms with Gasteiger partial charge in [-0.15, -0.1) is 0 Å². The summed E-state index contributed by atoms with van der Waals surface area (Å²) in [5.74, 6) is -0.452. The Morgan fingerprint density at radius 2 is 2.11 bits per heavy atom. The molecular formula is C14H14ClNO3. The van der Waals surface area contributed by atoms with Crippen molar-refractivity contribution in [1.29, 1.82) is 0 Å². The van der Waals surface area contributed by atoms with Gasteiger partial charge in [0.05, 0.1) is 6.54 Å². The molecule has 0 amide bonds. The molecule has 0 saturated carbocycles. The second-order valence-electron chi connectivity index (χ2n) is 4.22. The Kier molecular flexibility index (Phi) is 4.24. The van der Waals surface area contributed by atoms with Crippen LogP contribution in [0, 0.1) is 6.92 Å². The second kappa shape index (κ2) is 5.91. The summed E-state index contributed by atoms with van der Waals surface area (Å²) in [5, 5.41) is 12.8. The number of halogens is 1. The Balaban J connectivity index is 1.95. The van der Waals surface area contributed by atoms with Crippen LogP contribution in [0.5, 0.6) is 0 Å². The second-order valence-corrected chi connectivity index (χ2v) is 4.63. The molecule has 0 unspecified atom stereocenters. The van der Waals surface area contributed by atoms with Crippen LogP contribution < -0.4 is 5.32 Å². The molecule has 0 bridgehead atoms. The Hall–Kier alpha value is -1.78. The van der Waals surface area contributed by atoms with Crippen molar-refractivity contribution >= 4 is 17.6 Å². The molecule has 0 aliphatic rings. The minimum Gasteiger partial charge on any atom is -0.475 e. The predicted octanol–water partition coefficient (Wildman–Crippen LogP) is 3.23. The first-order chi connectivity index (χ1) is 9.08. The van der Waals surface area contributed by atoms with Crippen LogP contribution in [-0.4, -0.2) is 11.1 Å². The third-order valence-electron chi connectivity index (χ3n) is 2.74. The molecule has 2 N–H and O–H groups in total. The van der Waals surface area contributed by atoms with Gasteiger partial charge in [0.25, 0.3) is 0 Å². The van der Waals surface area contributed by atoms with Crippen molar-refractivity contribution in [1.82, 2.24) is 5.32 Å². The van der Waals surface area contributed by atoms with Gasteiger partial charge in [-0.25, -0.2) is 4.79 Å². The molecule has 0 atom stereocenters. The maximum absolute atomic E-state index is 10.8. The van der Waals surface area contributed by atoms with Crippen LogP contribution in [0.4, 0.5) is 0 Å². The number of aryl methyl sites for hydroxylation is 1. The largest absolute Gasteiger partial charge is 0.475 e. The fraction of sp³-hybridized carbons (Fsp3) is 0.214. The van der Waals surface area contributed by atoms with E-state index in [-0.39, 0.29) is 5.76 Å². The summed E-state index contributed by atoms with van der Waals surface area (Å²) in [6.45, 7) is 2.77. The van der Waals surface area contributed by atoms with E-state index in [1.165, 1.54) is 0 Å². The molecule has 0 radical (unpaired) electrons. The van der Waals surface area contributed by atoms with Gasteiger partial charge in [0.2, 0.25) is 5.76 Å². The quantitative estimate of drug-likeness (QED) is 0.882. The molecule has 0 aliphatic carbocycles. The van der Waals surface area contributed by atoms with Gasteiger partial charge < -0.3 is 14.8 Å². The lowest BCUT2D eigenvalue weighted by Crippen LogP contribution is -2.12. The topological polar surface area (TPSA) is 62.5 Å². The maximum atomic E-state index is 10.8. The van der Waals surface area contributed by atoms with Crippen LogP contribution in [0.15, 0.2) is 34.7 Å². The first kappa shape index (κ1) is 13.6. The van der Waals surface area contributed by atoms with Gasteiger partial charge in [-0.2, -0.15) is 0 Å². The molecular weight excluding hydrogens is 266 g/mol. The Morgan fingerprint density at radius 1 is 1.37 bits per heavy atom. The molecule has 2 aromatic rings. The van der Waals surface area contributed by atoms with E-state index in [1.807, 2.05) is 24.3 Å². The summed E-state index contributed by atoms with van der Waals surface area (Å²) in [4.78, 5) is 10.8. The van der Waals surface area contributed by atoms with Gasteiger partial charge in [0.15, 0.2) is 0 Å². The number of nitrogens with one attached hydrogen (secondary N) is 1. The smallest absolute Gasteiger partial charge is 0.372 e. The lowest BCUT2D eigenvalue weighted by molar-refractivity contribution is 0.0659. The average Bonchev–Trinajstić information content (AvgIpc) is 2.73. The van der Waals surface area contributed by atoms with Gasteiger partial charge in [-0.05, 0) is 24.6 Å². The van der Waals surface area contributed by atoms with E-state index in [2.05, 4.69) is 5.32 Å². The molecule has 100 valence electrons. The van der Waals surface area contributed by atoms with Gasteiger partial charge in [-0.3, -0.25) is 0 Å². The van der Waals surface area contributed by atoms with Crippen molar-refractivity contribution in [3.63, 3.8) is 0 Å². The first-order valence-electron chi connectivity index (χ1n) is 5.84. The number of aromatic carboxylic acids is 1. The number of carboxylic acids is 1. The Morgan fingerprint density at radius 3 is 2.74 bits per heavy atom. The minimum atomic E-state index is -1.05. The summed E-state index contributed by atoms with van der Waals surface area (Å²) in [6, 6.07) is 9.29. The monoisotopic (exact) mass is 279 g/mol. The van der Waals surface area contributed by atoms with Crippen molar-refractivity contribution < 1.29 is 14.3 Å². The van der Waals surface area contributed by atoms with Crippen LogP contribution in [-0.2, 0) is 13.1 Å². The van der Waals surface area contributed by atoms with Crippen LogP contribution in [0.1, 0.15) is 27.4 Å². The van der Waals surface area contributed by atoms with Crippen LogP contribution in [0.2, 0.25) is 5.02 Å². The molecule has 1 heterocycles. The standard InChI is InChI=1S/C14H14ClNO3/c1-9-6-11(19-13(9)14(17)18)8-16-7-10-4-2-3-5-12(10)15/h2-6,16H,7-8H2,1H3,(H,17,18). The zero-order valence-corrected chi connectivity index (χ0v) is 11.2. The Labute approximate surface area is 116 Å². The van der Waals surface area contributed by atoms with Crippen molar-refractivity contribution in [3.8, 4) is 0 Å². The third-order valence-corrected chi connectivity index (χ3v) is 3.10. The normalized spacial score (nSPS) is 10.6. The van der Waals surface area contributed by atoms with Gasteiger partial charge >= 0.3 is 5.97 Å². The highest BCUT2D eigenvalue weighted by Crippen LogP contribution is 2.16. The van der Waals surface area contributed by atoms with E-state index in [0.717, 1.165) is 5.56 Å². The number of carbonyl (C=O) groups is 1. The minimum absolute atomic E-state index is 0.00505. The van der Waals surface area contributed by atoms with Crippen LogP contribution in [0.3, 0.4) is 0 Å². The summed E-state index contributed by atoms with van der Waals surface area (Å²) in [7, 11) is 0. The van der Waals surface area contributed by atoms with Crippen molar-refractivity contribution in [2.45, 2.75) is 20.0 Å². The molecule has 0 spiro atoms. The molecule has 1 aromatic carbocycles. The number of hydrogen-bond donors (Lipinski definition) is 2. The molecule has 0 saturated heterocycles. The number of benzene rings is 1. The third kappa shape index (κ3) is 3.36. The number of carboxylic acid groups (broad SMARTS) is 1. The fourth-order valence-corrected chi connectivity index (χ4v) is 2.01. The average molecular weight is 280 g/mol. The molecule has 1 aromatic heterocycles. The molecule has 0 aliphatic heterocycles. The summed E-state index contributed by atoms with van der Waals surface area (Å²) >= 11 is 6.04. The van der Waals surface area contributed by atoms with Crippen molar-refractivity contribution in [2.75, 3.05) is 0 Å². The van der Waals surface area contributed by atoms with E-state index in [0.29, 0.717) is 29.4 Å². The summed E-state index contributed by atoms with van der Waals surface area (Å²) in [5.41, 5.74) is 1.62. The van der Waals surface area contributed by atoms with E-state index in [9.17, 15) is 4.79 Å². The molecule has 4 nitrogen and oxygen atoms in total. The van der Waals surface area contributed by atoms with E-state index in [1.54, 1.807) is 13.0 Å². The van der Waals surface area contributed by atoms with Crippen LogP contribution >= 0.6 is 11.6 Å². The highest BCUT2D eigenvalue weighted by molar-refractivity contribution is 6.31. The molecule has 0 fully saturated rings. The van der Waals surface area contributed by atoms with Crippen LogP contribution in [0.25, 0.3) is 0 Å². The summed E-state index contributed by atoms with van der Waals surface area (Å²) < 4.78 is 5.25. The summed E-state index contributed by atoms with van der Waals surface area (Å²) in [6.07, 6.45) is 0. The van der Waals surface area contributed by atoms with Gasteiger partial charge in [0.1, 0.15) is 5.76 Å². The Bertz CT molecular complexity index is 592. The zero-order chi connectivity index (χ0) is 13.8. The SMILES string of the molecule is Cc1cc(CNCc2ccccc2Cl)oc1C(=O)O. The molecule has 2 rings (SSSR count). The molecule has 19 heavy (non-hydrogen) atoms. The predicted molar refractivity (Wildman–Crippen MR) is 72.4 cm³/mol. The van der Waals surface area contributed by atoms with E-state index < -0.39 is 5.97 Å².